The molecule has 2 nitrogen and oxygen atoms in total. The minimum atomic E-state index is -0.863. The first-order chi connectivity index (χ1) is 7.60. The summed E-state index contributed by atoms with van der Waals surface area (Å²) in [5.74, 6) is -0.0949. The summed E-state index contributed by atoms with van der Waals surface area (Å²) < 4.78 is 0. The van der Waals surface area contributed by atoms with Crippen molar-refractivity contribution in [1.29, 1.82) is 0 Å². The van der Waals surface area contributed by atoms with Gasteiger partial charge < -0.3 is 5.11 Å². The van der Waals surface area contributed by atoms with Gasteiger partial charge in [-0.05, 0) is 12.8 Å². The molecule has 88 valence electrons. The highest BCUT2D eigenvalue weighted by atomic mass is 16.3. The molecule has 0 radical (unpaired) electrons. The van der Waals surface area contributed by atoms with Crippen molar-refractivity contribution in [2.24, 2.45) is 5.92 Å². The van der Waals surface area contributed by atoms with Crippen molar-refractivity contribution in [2.45, 2.75) is 39.7 Å². The summed E-state index contributed by atoms with van der Waals surface area (Å²) in [6, 6.07) is 7.35. The zero-order chi connectivity index (χ0) is 12.1. The zero-order valence-corrected chi connectivity index (χ0v) is 10.2. The Morgan fingerprint density at radius 3 is 2.12 bits per heavy atom. The third kappa shape index (κ3) is 2.92. The monoisotopic (exact) mass is 220 g/mol. The van der Waals surface area contributed by atoms with Crippen molar-refractivity contribution in [1.82, 2.24) is 0 Å². The van der Waals surface area contributed by atoms with E-state index in [-0.39, 0.29) is 11.7 Å². The molecule has 1 N–H and O–H groups in total. The predicted octanol–water partition coefficient (Wildman–Crippen LogP) is 2.97. The van der Waals surface area contributed by atoms with Crippen LogP contribution in [0.2, 0.25) is 0 Å². The lowest BCUT2D eigenvalue weighted by molar-refractivity contribution is 0.0588. The molecule has 2 heteroatoms. The number of carbonyl (C=O) groups is 1. The lowest BCUT2D eigenvalue weighted by Crippen LogP contribution is -2.28. The van der Waals surface area contributed by atoms with Crippen molar-refractivity contribution in [3.05, 3.63) is 35.4 Å². The molecule has 1 unspecified atom stereocenters. The van der Waals surface area contributed by atoms with E-state index >= 15 is 0 Å². The standard InChI is InChI=1S/C14H20O2/c1-4-11(5-2)13(15)14(16)12-8-6-10(3)7-9-12/h6-9,11,13,15H,4-5H2,1-3H3. The number of rotatable bonds is 5. The van der Waals surface area contributed by atoms with Crippen LogP contribution in [0.15, 0.2) is 24.3 Å². The first-order valence-corrected chi connectivity index (χ1v) is 5.89. The van der Waals surface area contributed by atoms with Gasteiger partial charge in [0, 0.05) is 5.56 Å². The SMILES string of the molecule is CCC(CC)C(O)C(=O)c1ccc(C)cc1. The number of aliphatic hydroxyl groups is 1. The summed E-state index contributed by atoms with van der Waals surface area (Å²) in [7, 11) is 0. The van der Waals surface area contributed by atoms with Crippen LogP contribution in [0.4, 0.5) is 0 Å². The summed E-state index contributed by atoms with van der Waals surface area (Å²) >= 11 is 0. The number of hydrogen-bond donors (Lipinski definition) is 1. The van der Waals surface area contributed by atoms with Gasteiger partial charge in [0.15, 0.2) is 5.78 Å². The van der Waals surface area contributed by atoms with Gasteiger partial charge in [0.05, 0.1) is 0 Å². The number of benzene rings is 1. The van der Waals surface area contributed by atoms with E-state index in [0.717, 1.165) is 18.4 Å². The summed E-state index contributed by atoms with van der Waals surface area (Å²) in [6.45, 7) is 5.98. The molecule has 0 bridgehead atoms. The van der Waals surface area contributed by atoms with Gasteiger partial charge in [-0.2, -0.15) is 0 Å². The highest BCUT2D eigenvalue weighted by molar-refractivity contribution is 5.99. The molecule has 0 saturated heterocycles. The Morgan fingerprint density at radius 2 is 1.69 bits per heavy atom. The molecule has 0 saturated carbocycles. The van der Waals surface area contributed by atoms with Gasteiger partial charge in [-0.3, -0.25) is 4.79 Å². The van der Waals surface area contributed by atoms with E-state index in [1.165, 1.54) is 0 Å². The first kappa shape index (κ1) is 12.9. The third-order valence-corrected chi connectivity index (χ3v) is 3.10. The molecule has 16 heavy (non-hydrogen) atoms. The highest BCUT2D eigenvalue weighted by Crippen LogP contribution is 2.17. The number of aliphatic hydroxyl groups excluding tert-OH is 1. The summed E-state index contributed by atoms with van der Waals surface area (Å²) in [4.78, 5) is 12.0. The average Bonchev–Trinajstić information content (AvgIpc) is 2.30. The maximum atomic E-state index is 12.0. The molecule has 0 spiro atoms. The molecule has 1 aromatic carbocycles. The van der Waals surface area contributed by atoms with Crippen LogP contribution in [0.1, 0.15) is 42.6 Å². The maximum absolute atomic E-state index is 12.0. The zero-order valence-electron chi connectivity index (χ0n) is 10.2. The van der Waals surface area contributed by atoms with E-state index in [0.29, 0.717) is 5.56 Å². The van der Waals surface area contributed by atoms with Crippen LogP contribution < -0.4 is 0 Å². The molecule has 0 fully saturated rings. The van der Waals surface area contributed by atoms with Crippen molar-refractivity contribution in [3.8, 4) is 0 Å². The van der Waals surface area contributed by atoms with E-state index in [2.05, 4.69) is 0 Å². The van der Waals surface area contributed by atoms with Crippen LogP contribution in [-0.4, -0.2) is 17.0 Å². The van der Waals surface area contributed by atoms with E-state index in [9.17, 15) is 9.90 Å². The topological polar surface area (TPSA) is 37.3 Å². The second-order valence-electron chi connectivity index (χ2n) is 4.25. The number of carbonyl (C=O) groups excluding carboxylic acids is 1. The first-order valence-electron chi connectivity index (χ1n) is 5.89. The van der Waals surface area contributed by atoms with Gasteiger partial charge in [0.25, 0.3) is 0 Å². The van der Waals surface area contributed by atoms with E-state index < -0.39 is 6.10 Å². The maximum Gasteiger partial charge on any atom is 0.191 e. The molecule has 0 heterocycles. The molecule has 0 aliphatic rings. The van der Waals surface area contributed by atoms with Gasteiger partial charge in [-0.1, -0.05) is 56.5 Å². The Bertz CT molecular complexity index is 336. The van der Waals surface area contributed by atoms with Crippen molar-refractivity contribution in [2.75, 3.05) is 0 Å². The summed E-state index contributed by atoms with van der Waals surface area (Å²) in [6.07, 6.45) is 0.794. The number of hydrogen-bond acceptors (Lipinski definition) is 2. The molecule has 1 atom stereocenters. The van der Waals surface area contributed by atoms with Crippen LogP contribution in [0, 0.1) is 12.8 Å². The van der Waals surface area contributed by atoms with Crippen LogP contribution in [0.5, 0.6) is 0 Å². The van der Waals surface area contributed by atoms with Gasteiger partial charge >= 0.3 is 0 Å². The van der Waals surface area contributed by atoms with Crippen molar-refractivity contribution >= 4 is 5.78 Å². The Kier molecular flexibility index (Phi) is 4.69. The Morgan fingerprint density at radius 1 is 1.19 bits per heavy atom. The fraction of sp³-hybridized carbons (Fsp3) is 0.500. The molecule has 1 aromatic rings. The van der Waals surface area contributed by atoms with E-state index in [1.807, 2.05) is 32.9 Å². The van der Waals surface area contributed by atoms with Crippen LogP contribution in [-0.2, 0) is 0 Å². The minimum Gasteiger partial charge on any atom is -0.385 e. The minimum absolute atomic E-state index is 0.0637. The van der Waals surface area contributed by atoms with Crippen LogP contribution in [0.3, 0.4) is 0 Å². The predicted molar refractivity (Wildman–Crippen MR) is 65.6 cm³/mol. The van der Waals surface area contributed by atoms with E-state index in [4.69, 9.17) is 0 Å². The quantitative estimate of drug-likeness (QED) is 0.774. The second kappa shape index (κ2) is 5.80. The van der Waals surface area contributed by atoms with Gasteiger partial charge in [0.2, 0.25) is 0 Å². The van der Waals surface area contributed by atoms with Crippen molar-refractivity contribution in [3.63, 3.8) is 0 Å². The lowest BCUT2D eigenvalue weighted by atomic mass is 9.91. The van der Waals surface area contributed by atoms with Gasteiger partial charge in [-0.25, -0.2) is 0 Å². The smallest absolute Gasteiger partial charge is 0.191 e. The summed E-state index contributed by atoms with van der Waals surface area (Å²) in [5, 5.41) is 9.95. The summed E-state index contributed by atoms with van der Waals surface area (Å²) in [5.41, 5.74) is 1.72. The number of aryl methyl sites for hydroxylation is 1. The van der Waals surface area contributed by atoms with E-state index in [1.54, 1.807) is 12.1 Å². The van der Waals surface area contributed by atoms with Gasteiger partial charge in [-0.15, -0.1) is 0 Å². The fourth-order valence-electron chi connectivity index (χ4n) is 1.84. The third-order valence-electron chi connectivity index (χ3n) is 3.10. The molecule has 0 amide bonds. The molecule has 0 aliphatic heterocycles. The number of Topliss-reactive ketones (excluding diaryl/α,β-unsaturated/α-hetero) is 1. The van der Waals surface area contributed by atoms with Crippen LogP contribution in [0.25, 0.3) is 0 Å². The van der Waals surface area contributed by atoms with Gasteiger partial charge in [0.1, 0.15) is 6.10 Å². The molecular formula is C14H20O2. The Labute approximate surface area is 97.3 Å². The Hall–Kier alpha value is -1.15. The molecule has 0 aliphatic carbocycles. The largest absolute Gasteiger partial charge is 0.385 e. The fourth-order valence-corrected chi connectivity index (χ4v) is 1.84. The average molecular weight is 220 g/mol. The Balaban J connectivity index is 2.81. The normalized spacial score (nSPS) is 12.8. The van der Waals surface area contributed by atoms with Crippen LogP contribution >= 0.6 is 0 Å². The lowest BCUT2D eigenvalue weighted by Gasteiger charge is -2.18. The highest BCUT2D eigenvalue weighted by Gasteiger charge is 2.24. The second-order valence-corrected chi connectivity index (χ2v) is 4.25. The molecule has 1 rings (SSSR count). The molecule has 0 aromatic heterocycles. The molecular weight excluding hydrogens is 200 g/mol. The van der Waals surface area contributed by atoms with Crippen molar-refractivity contribution < 1.29 is 9.90 Å². The number of ketones is 1.